The van der Waals surface area contributed by atoms with Gasteiger partial charge in [-0.15, -0.1) is 0 Å². The Hall–Kier alpha value is -4.21. The molecule has 2 N–H and O–H groups in total. The third-order valence-corrected chi connectivity index (χ3v) is 7.00. The first-order chi connectivity index (χ1) is 17.5. The van der Waals surface area contributed by atoms with Crippen LogP contribution in [0.3, 0.4) is 0 Å². The molecular weight excluding hydrogens is 514 g/mol. The van der Waals surface area contributed by atoms with Crippen LogP contribution in [0.25, 0.3) is 0 Å². The van der Waals surface area contributed by atoms with Gasteiger partial charge in [0.05, 0.1) is 28.0 Å². The number of rotatable bonds is 8. The molecule has 4 aromatic rings. The Balaban J connectivity index is 1.57. The normalized spacial score (nSPS) is 11.1. The highest BCUT2D eigenvalue weighted by molar-refractivity contribution is 7.90. The number of benzene rings is 3. The van der Waals surface area contributed by atoms with E-state index in [1.54, 1.807) is 42.6 Å². The Morgan fingerprint density at radius 2 is 1.65 bits per heavy atom. The van der Waals surface area contributed by atoms with Gasteiger partial charge in [0.2, 0.25) is 5.78 Å². The Bertz CT molecular complexity index is 1590. The molecule has 0 bridgehead atoms. The summed E-state index contributed by atoms with van der Waals surface area (Å²) in [6, 6.07) is 20.9. The first-order valence-electron chi connectivity index (χ1n) is 11.0. The Morgan fingerprint density at radius 3 is 2.27 bits per heavy atom. The number of nitrogens with zero attached hydrogens (tertiary/aromatic N) is 2. The van der Waals surface area contributed by atoms with Crippen LogP contribution in [-0.2, 0) is 9.84 Å². The van der Waals surface area contributed by atoms with Crippen molar-refractivity contribution in [2.75, 3.05) is 23.5 Å². The summed E-state index contributed by atoms with van der Waals surface area (Å²) in [7, 11) is -1.58. The highest BCUT2D eigenvalue weighted by Gasteiger charge is 2.18. The minimum absolute atomic E-state index is 0.0948. The van der Waals surface area contributed by atoms with Crippen LogP contribution < -0.4 is 10.2 Å². The number of hydrogen-bond acceptors (Lipinski definition) is 7. The van der Waals surface area contributed by atoms with Crippen LogP contribution >= 0.6 is 11.6 Å². The number of carbonyl (C=O) groups is 2. The van der Waals surface area contributed by atoms with E-state index in [2.05, 4.69) is 10.3 Å². The van der Waals surface area contributed by atoms with Crippen LogP contribution in [0.2, 0.25) is 5.02 Å². The van der Waals surface area contributed by atoms with Crippen LogP contribution in [0, 0.1) is 0 Å². The van der Waals surface area contributed by atoms with Crippen molar-refractivity contribution < 1.29 is 23.1 Å². The molecule has 0 saturated carbocycles. The van der Waals surface area contributed by atoms with Gasteiger partial charge in [-0.2, -0.15) is 0 Å². The highest BCUT2D eigenvalue weighted by Crippen LogP contribution is 2.27. The predicted molar refractivity (Wildman–Crippen MR) is 143 cm³/mol. The van der Waals surface area contributed by atoms with Crippen molar-refractivity contribution in [2.45, 2.75) is 4.90 Å². The summed E-state index contributed by atoms with van der Waals surface area (Å²) in [6.45, 7) is 0. The second-order valence-corrected chi connectivity index (χ2v) is 10.7. The summed E-state index contributed by atoms with van der Waals surface area (Å²) < 4.78 is 23.7. The number of ketones is 1. The summed E-state index contributed by atoms with van der Waals surface area (Å²) in [5, 5.41) is 13.3. The van der Waals surface area contributed by atoms with Gasteiger partial charge in [-0.1, -0.05) is 17.7 Å². The van der Waals surface area contributed by atoms with Crippen LogP contribution in [-0.4, -0.2) is 43.6 Å². The van der Waals surface area contributed by atoms with Gasteiger partial charge in [0, 0.05) is 35.3 Å². The fraction of sp³-hybridized carbons (Fsp3) is 0.0741. The average Bonchev–Trinajstić information content (AvgIpc) is 2.88. The van der Waals surface area contributed by atoms with E-state index in [-0.39, 0.29) is 27.4 Å². The van der Waals surface area contributed by atoms with Gasteiger partial charge in [-0.25, -0.2) is 13.2 Å². The molecule has 8 nitrogen and oxygen atoms in total. The van der Waals surface area contributed by atoms with Crippen molar-refractivity contribution in [3.63, 3.8) is 0 Å². The predicted octanol–water partition coefficient (Wildman–Crippen LogP) is 5.58. The number of sulfone groups is 1. The molecule has 188 valence electrons. The monoisotopic (exact) mass is 535 g/mol. The van der Waals surface area contributed by atoms with Gasteiger partial charge in [0.1, 0.15) is 5.69 Å². The van der Waals surface area contributed by atoms with Crippen LogP contribution in [0.5, 0.6) is 0 Å². The smallest absolute Gasteiger partial charge is 0.337 e. The van der Waals surface area contributed by atoms with Gasteiger partial charge in [0.15, 0.2) is 9.84 Å². The molecule has 1 aromatic heterocycles. The van der Waals surface area contributed by atoms with Gasteiger partial charge in [-0.05, 0) is 72.8 Å². The summed E-state index contributed by atoms with van der Waals surface area (Å²) >= 11 is 5.95. The van der Waals surface area contributed by atoms with E-state index < -0.39 is 21.6 Å². The molecule has 0 aliphatic rings. The fourth-order valence-electron chi connectivity index (χ4n) is 3.61. The summed E-state index contributed by atoms with van der Waals surface area (Å²) in [5.74, 6) is -1.68. The molecule has 1 heterocycles. The van der Waals surface area contributed by atoms with Crippen molar-refractivity contribution in [1.29, 1.82) is 0 Å². The van der Waals surface area contributed by atoms with E-state index in [1.807, 2.05) is 24.1 Å². The quantitative estimate of drug-likeness (QED) is 0.281. The maximum atomic E-state index is 13.1. The summed E-state index contributed by atoms with van der Waals surface area (Å²) in [4.78, 5) is 31.3. The Morgan fingerprint density at radius 1 is 0.946 bits per heavy atom. The molecule has 0 fully saturated rings. The Labute approximate surface area is 219 Å². The third kappa shape index (κ3) is 5.96. The molecule has 37 heavy (non-hydrogen) atoms. The maximum Gasteiger partial charge on any atom is 0.337 e. The molecule has 4 rings (SSSR count). The first kappa shape index (κ1) is 25.9. The number of aromatic nitrogens is 1. The molecule has 0 aliphatic carbocycles. The zero-order chi connectivity index (χ0) is 26.7. The van der Waals surface area contributed by atoms with Crippen molar-refractivity contribution in [2.24, 2.45) is 0 Å². The van der Waals surface area contributed by atoms with Crippen LogP contribution in [0.4, 0.5) is 22.7 Å². The molecule has 0 unspecified atom stereocenters. The zero-order valence-electron chi connectivity index (χ0n) is 19.8. The van der Waals surface area contributed by atoms with E-state index in [1.165, 1.54) is 30.3 Å². The Kier molecular flexibility index (Phi) is 7.28. The number of anilines is 4. The molecule has 0 radical (unpaired) electrons. The lowest BCUT2D eigenvalue weighted by atomic mass is 10.0. The second kappa shape index (κ2) is 10.4. The van der Waals surface area contributed by atoms with Crippen molar-refractivity contribution >= 4 is 55.9 Å². The van der Waals surface area contributed by atoms with Crippen LogP contribution in [0.1, 0.15) is 26.4 Å². The molecule has 10 heteroatoms. The van der Waals surface area contributed by atoms with Crippen molar-refractivity contribution in [3.8, 4) is 0 Å². The van der Waals surface area contributed by atoms with E-state index in [0.717, 1.165) is 17.6 Å². The van der Waals surface area contributed by atoms with Gasteiger partial charge in [0.25, 0.3) is 0 Å². The summed E-state index contributed by atoms with van der Waals surface area (Å²) in [5.41, 5.74) is 2.41. The first-order valence-corrected chi connectivity index (χ1v) is 13.2. The molecule has 3 aromatic carbocycles. The molecule has 0 saturated heterocycles. The van der Waals surface area contributed by atoms with E-state index in [0.29, 0.717) is 10.7 Å². The van der Waals surface area contributed by atoms with Gasteiger partial charge in [-0.3, -0.25) is 9.78 Å². The number of carboxylic acids is 1. The van der Waals surface area contributed by atoms with Gasteiger partial charge >= 0.3 is 5.97 Å². The fourth-order valence-corrected chi connectivity index (χ4v) is 4.40. The zero-order valence-corrected chi connectivity index (χ0v) is 21.4. The van der Waals surface area contributed by atoms with E-state index in [9.17, 15) is 23.1 Å². The molecule has 0 aliphatic heterocycles. The topological polar surface area (TPSA) is 117 Å². The number of halogens is 1. The molecule has 0 spiro atoms. The largest absolute Gasteiger partial charge is 0.478 e. The number of carboxylic acid groups (broad SMARTS) is 1. The lowest BCUT2D eigenvalue weighted by molar-refractivity contribution is 0.0698. The maximum absolute atomic E-state index is 13.1. The number of carbonyl (C=O) groups excluding carboxylic acids is 1. The molecular formula is C27H22ClN3O5S. The lowest BCUT2D eigenvalue weighted by Gasteiger charge is -2.19. The SMILES string of the molecule is CN(c1ccc(Cl)cc1)c1ccc(C(=O)c2ccc(Nc3cccc(S(C)(=O)=O)c3)c(C(=O)O)c2)nc1. The third-order valence-electron chi connectivity index (χ3n) is 5.64. The number of aromatic carboxylic acids is 1. The molecule has 0 atom stereocenters. The second-order valence-electron chi connectivity index (χ2n) is 8.26. The highest BCUT2D eigenvalue weighted by atomic mass is 35.5. The number of hydrogen-bond donors (Lipinski definition) is 2. The van der Waals surface area contributed by atoms with Crippen molar-refractivity contribution in [3.05, 3.63) is 107 Å². The summed E-state index contributed by atoms with van der Waals surface area (Å²) in [6.07, 6.45) is 2.65. The standard InChI is InChI=1S/C27H22ClN3O5S/c1-31(20-9-7-18(28)8-10-20)21-11-13-25(29-16-21)26(32)17-6-12-24(23(14-17)27(33)34)30-19-4-3-5-22(15-19)37(2,35)36/h3-16,30H,1-2H3,(H,33,34). The average molecular weight is 536 g/mol. The van der Waals surface area contributed by atoms with Gasteiger partial charge < -0.3 is 15.3 Å². The minimum Gasteiger partial charge on any atom is -0.478 e. The van der Waals surface area contributed by atoms with E-state index in [4.69, 9.17) is 11.6 Å². The minimum atomic E-state index is -3.44. The van der Waals surface area contributed by atoms with E-state index >= 15 is 0 Å². The van der Waals surface area contributed by atoms with Crippen molar-refractivity contribution in [1.82, 2.24) is 4.98 Å². The number of nitrogens with one attached hydrogen (secondary N) is 1. The molecule has 0 amide bonds. The van der Waals surface area contributed by atoms with Crippen LogP contribution in [0.15, 0.2) is 90.0 Å². The number of pyridine rings is 1. The lowest BCUT2D eigenvalue weighted by Crippen LogP contribution is -2.11.